The van der Waals surface area contributed by atoms with Crippen LogP contribution in [0.2, 0.25) is 0 Å². The van der Waals surface area contributed by atoms with Crippen LogP contribution in [0.25, 0.3) is 0 Å². The van der Waals surface area contributed by atoms with E-state index in [1.54, 1.807) is 0 Å². The first-order valence-corrected chi connectivity index (χ1v) is 5.12. The molecule has 0 bridgehead atoms. The van der Waals surface area contributed by atoms with E-state index in [2.05, 4.69) is 22.4 Å². The highest BCUT2D eigenvalue weighted by molar-refractivity contribution is 5.30. The first-order chi connectivity index (χ1) is 6.45. The molecule has 1 aromatic rings. The highest BCUT2D eigenvalue weighted by atomic mass is 15.0. The van der Waals surface area contributed by atoms with Gasteiger partial charge in [-0.15, -0.1) is 0 Å². The van der Waals surface area contributed by atoms with Gasteiger partial charge >= 0.3 is 0 Å². The van der Waals surface area contributed by atoms with Crippen molar-refractivity contribution < 1.29 is 0 Å². The fourth-order valence-corrected chi connectivity index (χ4v) is 2.68. The summed E-state index contributed by atoms with van der Waals surface area (Å²) in [6, 6.07) is 4.84. The quantitative estimate of drug-likeness (QED) is 0.647. The van der Waals surface area contributed by atoms with E-state index in [1.165, 1.54) is 30.5 Å². The van der Waals surface area contributed by atoms with Crippen molar-refractivity contribution >= 4 is 0 Å². The summed E-state index contributed by atoms with van der Waals surface area (Å²) in [6.07, 6.45) is 5.85. The van der Waals surface area contributed by atoms with Gasteiger partial charge in [-0.1, -0.05) is 6.07 Å². The number of hydrogen-bond acceptors (Lipinski definition) is 2. The first kappa shape index (κ1) is 7.51. The normalized spacial score (nSPS) is 31.1. The Morgan fingerprint density at radius 2 is 2.46 bits per heavy atom. The molecule has 2 unspecified atom stereocenters. The lowest BCUT2D eigenvalue weighted by atomic mass is 9.93. The fraction of sp³-hybridized carbons (Fsp3) is 0.545. The van der Waals surface area contributed by atoms with Crippen LogP contribution in [-0.4, -0.2) is 11.5 Å². The Hall–Kier alpha value is -0.890. The maximum atomic E-state index is 4.48. The van der Waals surface area contributed by atoms with Gasteiger partial charge in [0.2, 0.25) is 0 Å². The van der Waals surface area contributed by atoms with Gasteiger partial charge in [-0.3, -0.25) is 4.98 Å². The van der Waals surface area contributed by atoms with Crippen LogP contribution >= 0.6 is 0 Å². The number of pyridine rings is 1. The molecule has 2 heteroatoms. The molecular weight excluding hydrogens is 160 g/mol. The molecule has 68 valence electrons. The second-order valence-electron chi connectivity index (χ2n) is 4.09. The van der Waals surface area contributed by atoms with Gasteiger partial charge < -0.3 is 5.32 Å². The molecule has 2 aliphatic rings. The maximum Gasteiger partial charge on any atom is 0.0608 e. The van der Waals surface area contributed by atoms with Crippen LogP contribution in [0.4, 0.5) is 0 Å². The van der Waals surface area contributed by atoms with Gasteiger partial charge in [0, 0.05) is 6.20 Å². The third kappa shape index (κ3) is 1.09. The lowest BCUT2D eigenvalue weighted by Crippen LogP contribution is -2.31. The van der Waals surface area contributed by atoms with Crippen molar-refractivity contribution in [3.63, 3.8) is 0 Å². The Labute approximate surface area is 78.4 Å². The molecule has 1 aliphatic carbocycles. The van der Waals surface area contributed by atoms with Crippen molar-refractivity contribution in [1.82, 2.24) is 10.3 Å². The molecule has 0 amide bonds. The molecule has 0 saturated carbocycles. The van der Waals surface area contributed by atoms with Crippen molar-refractivity contribution in [2.75, 3.05) is 6.54 Å². The van der Waals surface area contributed by atoms with Crippen molar-refractivity contribution in [2.24, 2.45) is 5.92 Å². The Morgan fingerprint density at radius 1 is 1.46 bits per heavy atom. The predicted molar refractivity (Wildman–Crippen MR) is 51.4 cm³/mol. The zero-order valence-corrected chi connectivity index (χ0v) is 7.66. The molecule has 0 radical (unpaired) electrons. The SMILES string of the molecule is c1cnc2c(c1)CC1CCCNC21. The lowest BCUT2D eigenvalue weighted by molar-refractivity contribution is 0.303. The van der Waals surface area contributed by atoms with Gasteiger partial charge in [0.05, 0.1) is 11.7 Å². The Bertz CT molecular complexity index is 322. The molecule has 13 heavy (non-hydrogen) atoms. The minimum atomic E-state index is 0.560. The molecule has 0 aromatic carbocycles. The Morgan fingerprint density at radius 3 is 3.46 bits per heavy atom. The van der Waals surface area contributed by atoms with E-state index in [4.69, 9.17) is 0 Å². The van der Waals surface area contributed by atoms with Gasteiger partial charge in [0.25, 0.3) is 0 Å². The highest BCUT2D eigenvalue weighted by Gasteiger charge is 2.34. The average molecular weight is 174 g/mol. The van der Waals surface area contributed by atoms with E-state index in [1.807, 2.05) is 6.20 Å². The molecule has 1 aromatic heterocycles. The fourth-order valence-electron chi connectivity index (χ4n) is 2.68. The molecule has 0 spiro atoms. The first-order valence-electron chi connectivity index (χ1n) is 5.12. The smallest absolute Gasteiger partial charge is 0.0608 e. The molecule has 2 nitrogen and oxygen atoms in total. The van der Waals surface area contributed by atoms with Crippen LogP contribution in [0, 0.1) is 5.92 Å². The van der Waals surface area contributed by atoms with Crippen LogP contribution in [0.15, 0.2) is 18.3 Å². The zero-order valence-electron chi connectivity index (χ0n) is 7.66. The number of rotatable bonds is 0. The molecular formula is C11H14N2. The van der Waals surface area contributed by atoms with Gasteiger partial charge in [-0.2, -0.15) is 0 Å². The summed E-state index contributed by atoms with van der Waals surface area (Å²) < 4.78 is 0. The van der Waals surface area contributed by atoms with Crippen molar-refractivity contribution in [3.8, 4) is 0 Å². The molecule has 1 fully saturated rings. The summed E-state index contributed by atoms with van der Waals surface area (Å²) in [5.74, 6) is 0.818. The van der Waals surface area contributed by atoms with E-state index >= 15 is 0 Å². The van der Waals surface area contributed by atoms with E-state index in [0.717, 1.165) is 12.5 Å². The second-order valence-corrected chi connectivity index (χ2v) is 4.09. The molecule has 2 atom stereocenters. The van der Waals surface area contributed by atoms with Crippen LogP contribution < -0.4 is 5.32 Å². The average Bonchev–Trinajstić information content (AvgIpc) is 2.56. The van der Waals surface area contributed by atoms with Crippen molar-refractivity contribution in [1.29, 1.82) is 0 Å². The molecule has 1 saturated heterocycles. The van der Waals surface area contributed by atoms with E-state index in [9.17, 15) is 0 Å². The summed E-state index contributed by atoms with van der Waals surface area (Å²) in [4.78, 5) is 4.48. The summed E-state index contributed by atoms with van der Waals surface area (Å²) >= 11 is 0. The van der Waals surface area contributed by atoms with E-state index < -0.39 is 0 Å². The Balaban J connectivity index is 2.01. The number of aromatic nitrogens is 1. The topological polar surface area (TPSA) is 24.9 Å². The predicted octanol–water partition coefficient (Wildman–Crippen LogP) is 1.68. The maximum absolute atomic E-state index is 4.48. The molecule has 2 heterocycles. The summed E-state index contributed by atoms with van der Waals surface area (Å²) in [7, 11) is 0. The molecule has 3 rings (SSSR count). The third-order valence-electron chi connectivity index (χ3n) is 3.29. The van der Waals surface area contributed by atoms with Gasteiger partial charge in [-0.25, -0.2) is 0 Å². The van der Waals surface area contributed by atoms with Crippen LogP contribution in [0.1, 0.15) is 30.1 Å². The third-order valence-corrected chi connectivity index (χ3v) is 3.29. The summed E-state index contributed by atoms with van der Waals surface area (Å²) in [5, 5.41) is 3.57. The minimum absolute atomic E-state index is 0.560. The summed E-state index contributed by atoms with van der Waals surface area (Å²) in [5.41, 5.74) is 2.78. The highest BCUT2D eigenvalue weighted by Crippen LogP contribution is 2.38. The van der Waals surface area contributed by atoms with Gasteiger partial charge in [-0.05, 0) is 43.4 Å². The van der Waals surface area contributed by atoms with Crippen LogP contribution in [0.3, 0.4) is 0 Å². The number of hydrogen-bond donors (Lipinski definition) is 1. The van der Waals surface area contributed by atoms with E-state index in [0.29, 0.717) is 6.04 Å². The van der Waals surface area contributed by atoms with Crippen LogP contribution in [0.5, 0.6) is 0 Å². The minimum Gasteiger partial charge on any atom is -0.308 e. The lowest BCUT2D eigenvalue weighted by Gasteiger charge is -2.26. The van der Waals surface area contributed by atoms with Gasteiger partial charge in [0.1, 0.15) is 0 Å². The van der Waals surface area contributed by atoms with Crippen LogP contribution in [-0.2, 0) is 6.42 Å². The second kappa shape index (κ2) is 2.81. The standard InChI is InChI=1S/C11H14N2/c1-3-8-7-9-4-2-6-13-11(9)10(8)12-5-1/h1,3,5,9,11,13H,2,4,6-7H2. The molecule has 1 aliphatic heterocycles. The summed E-state index contributed by atoms with van der Waals surface area (Å²) in [6.45, 7) is 1.16. The van der Waals surface area contributed by atoms with Gasteiger partial charge in [0.15, 0.2) is 0 Å². The molecule has 1 N–H and O–H groups in total. The van der Waals surface area contributed by atoms with Crippen molar-refractivity contribution in [2.45, 2.75) is 25.3 Å². The van der Waals surface area contributed by atoms with Crippen molar-refractivity contribution in [3.05, 3.63) is 29.6 Å². The number of fused-ring (bicyclic) bond motifs is 3. The number of nitrogens with one attached hydrogen (secondary N) is 1. The van der Waals surface area contributed by atoms with E-state index in [-0.39, 0.29) is 0 Å². The zero-order chi connectivity index (χ0) is 8.67. The largest absolute Gasteiger partial charge is 0.308 e. The Kier molecular flexibility index (Phi) is 1.62. The monoisotopic (exact) mass is 174 g/mol. The number of nitrogens with zero attached hydrogens (tertiary/aromatic N) is 1. The number of piperidine rings is 1.